The van der Waals surface area contributed by atoms with Crippen LogP contribution in [-0.4, -0.2) is 68.3 Å². The third-order valence-electron chi connectivity index (χ3n) is 5.29. The van der Waals surface area contributed by atoms with Crippen molar-refractivity contribution in [2.24, 2.45) is 0 Å². The van der Waals surface area contributed by atoms with Gasteiger partial charge in [-0.1, -0.05) is 35.4 Å². The fraction of sp³-hybridized carbons (Fsp3) is 0.417. The molecule has 0 fully saturated rings. The monoisotopic (exact) mass is 444 g/mol. The number of carboxylic acid groups (broad SMARTS) is 2. The molecule has 0 saturated heterocycles. The van der Waals surface area contributed by atoms with E-state index in [-0.39, 0.29) is 50.8 Å². The summed E-state index contributed by atoms with van der Waals surface area (Å²) >= 11 is 0. The molecule has 0 atom stereocenters. The maximum atomic E-state index is 11.4. The van der Waals surface area contributed by atoms with Crippen molar-refractivity contribution < 1.29 is 30.0 Å². The van der Waals surface area contributed by atoms with Crippen LogP contribution in [0.5, 0.6) is 11.5 Å². The second-order valence-electron chi connectivity index (χ2n) is 8.39. The Labute approximate surface area is 188 Å². The average Bonchev–Trinajstić information content (AvgIpc) is 2.66. The van der Waals surface area contributed by atoms with Crippen LogP contribution in [0.1, 0.15) is 33.4 Å². The molecule has 0 spiro atoms. The highest BCUT2D eigenvalue weighted by Gasteiger charge is 2.18. The molecule has 0 radical (unpaired) electrons. The van der Waals surface area contributed by atoms with Crippen molar-refractivity contribution in [1.82, 2.24) is 9.80 Å². The zero-order valence-corrected chi connectivity index (χ0v) is 19.1. The summed E-state index contributed by atoms with van der Waals surface area (Å²) in [5.74, 6) is -1.75. The Hall–Kier alpha value is -3.10. The van der Waals surface area contributed by atoms with Crippen molar-refractivity contribution in [3.63, 3.8) is 0 Å². The number of phenolic OH excluding ortho intramolecular Hbond substituents is 2. The minimum atomic E-state index is -1.01. The summed E-state index contributed by atoms with van der Waals surface area (Å²) in [4.78, 5) is 26.1. The normalized spacial score (nSPS) is 11.3. The SMILES string of the molecule is Cc1cc(C)c(O)c(CN(CCN(CC(=O)O)Cc2cc(C)cc(C)c2O)CC(=O)O)c1. The van der Waals surface area contributed by atoms with E-state index in [4.69, 9.17) is 0 Å². The number of aryl methyl sites for hydroxylation is 4. The van der Waals surface area contributed by atoms with Crippen molar-refractivity contribution in [3.8, 4) is 11.5 Å². The molecule has 0 aliphatic rings. The molecular formula is C24H32N2O6. The van der Waals surface area contributed by atoms with Crippen molar-refractivity contribution in [3.05, 3.63) is 57.6 Å². The number of carboxylic acids is 2. The number of carbonyl (C=O) groups is 2. The van der Waals surface area contributed by atoms with Gasteiger partial charge in [0.25, 0.3) is 0 Å². The largest absolute Gasteiger partial charge is 0.507 e. The molecule has 0 aliphatic carbocycles. The zero-order chi connectivity index (χ0) is 24.0. The van der Waals surface area contributed by atoms with Gasteiger partial charge in [-0.2, -0.15) is 0 Å². The number of hydrogen-bond acceptors (Lipinski definition) is 6. The van der Waals surface area contributed by atoms with Crippen LogP contribution in [0.4, 0.5) is 0 Å². The highest BCUT2D eigenvalue weighted by atomic mass is 16.4. The van der Waals surface area contributed by atoms with E-state index in [2.05, 4.69) is 0 Å². The molecular weight excluding hydrogens is 412 g/mol. The standard InChI is InChI=1S/C24H32N2O6/c1-15-7-17(3)23(31)19(9-15)11-25(13-21(27)28)5-6-26(14-22(29)30)12-20-10-16(2)8-18(4)24(20)32/h7-10,31-32H,5-6,11-14H2,1-4H3,(H,27,28)(H,29,30). The number of nitrogens with zero attached hydrogens (tertiary/aromatic N) is 2. The molecule has 0 unspecified atom stereocenters. The summed E-state index contributed by atoms with van der Waals surface area (Å²) in [5, 5.41) is 39.5. The maximum Gasteiger partial charge on any atom is 0.317 e. The molecule has 174 valence electrons. The van der Waals surface area contributed by atoms with E-state index in [0.717, 1.165) is 11.1 Å². The zero-order valence-electron chi connectivity index (χ0n) is 19.1. The molecule has 0 aliphatic heterocycles. The van der Waals surface area contributed by atoms with Gasteiger partial charge >= 0.3 is 11.9 Å². The number of benzene rings is 2. The fourth-order valence-corrected chi connectivity index (χ4v) is 3.91. The lowest BCUT2D eigenvalue weighted by Crippen LogP contribution is -2.39. The van der Waals surface area contributed by atoms with Crippen LogP contribution in [0, 0.1) is 27.7 Å². The Balaban J connectivity index is 2.20. The predicted molar refractivity (Wildman–Crippen MR) is 121 cm³/mol. The molecule has 0 bridgehead atoms. The summed E-state index contributed by atoms with van der Waals surface area (Å²) in [6.07, 6.45) is 0. The van der Waals surface area contributed by atoms with E-state index >= 15 is 0 Å². The Morgan fingerprint density at radius 1 is 0.688 bits per heavy atom. The first-order valence-electron chi connectivity index (χ1n) is 10.4. The Morgan fingerprint density at radius 2 is 1.03 bits per heavy atom. The first-order valence-corrected chi connectivity index (χ1v) is 10.4. The lowest BCUT2D eigenvalue weighted by atomic mass is 10.0. The second-order valence-corrected chi connectivity index (χ2v) is 8.39. The smallest absolute Gasteiger partial charge is 0.317 e. The van der Waals surface area contributed by atoms with Crippen molar-refractivity contribution in [2.45, 2.75) is 40.8 Å². The van der Waals surface area contributed by atoms with E-state index in [1.165, 1.54) is 0 Å². The second kappa shape index (κ2) is 11.0. The Morgan fingerprint density at radius 3 is 1.34 bits per heavy atom. The number of hydrogen-bond donors (Lipinski definition) is 4. The van der Waals surface area contributed by atoms with E-state index in [1.54, 1.807) is 23.6 Å². The van der Waals surface area contributed by atoms with Gasteiger partial charge in [-0.25, -0.2) is 0 Å². The van der Waals surface area contributed by atoms with Gasteiger partial charge < -0.3 is 20.4 Å². The van der Waals surface area contributed by atoms with Gasteiger partial charge in [0.05, 0.1) is 13.1 Å². The molecule has 0 aromatic heterocycles. The molecule has 4 N–H and O–H groups in total. The third kappa shape index (κ3) is 7.25. The Bertz CT molecular complexity index is 909. The summed E-state index contributed by atoms with van der Waals surface area (Å²) < 4.78 is 0. The third-order valence-corrected chi connectivity index (χ3v) is 5.29. The van der Waals surface area contributed by atoms with Crippen LogP contribution in [0.15, 0.2) is 24.3 Å². The van der Waals surface area contributed by atoms with Gasteiger partial charge in [0.15, 0.2) is 0 Å². The highest BCUT2D eigenvalue weighted by Crippen LogP contribution is 2.26. The first kappa shape index (κ1) is 25.2. The van der Waals surface area contributed by atoms with Gasteiger partial charge in [0, 0.05) is 37.3 Å². The molecule has 2 rings (SSSR count). The molecule has 8 nitrogen and oxygen atoms in total. The van der Waals surface area contributed by atoms with Crippen molar-refractivity contribution in [1.29, 1.82) is 0 Å². The van der Waals surface area contributed by atoms with Crippen LogP contribution < -0.4 is 0 Å². The van der Waals surface area contributed by atoms with Crippen LogP contribution in [0.25, 0.3) is 0 Å². The summed E-state index contributed by atoms with van der Waals surface area (Å²) in [6.45, 7) is 7.88. The van der Waals surface area contributed by atoms with Gasteiger partial charge in [-0.05, 0) is 38.8 Å². The number of phenols is 2. The topological polar surface area (TPSA) is 122 Å². The van der Waals surface area contributed by atoms with Crippen LogP contribution in [0.2, 0.25) is 0 Å². The predicted octanol–water partition coefficient (Wildman–Crippen LogP) is 2.80. The molecule has 8 heteroatoms. The molecule has 0 amide bonds. The molecule has 32 heavy (non-hydrogen) atoms. The molecule has 0 saturated carbocycles. The lowest BCUT2D eigenvalue weighted by Gasteiger charge is -2.27. The van der Waals surface area contributed by atoms with Crippen LogP contribution in [0.3, 0.4) is 0 Å². The van der Waals surface area contributed by atoms with Gasteiger partial charge in [-0.3, -0.25) is 19.4 Å². The van der Waals surface area contributed by atoms with E-state index in [0.29, 0.717) is 22.3 Å². The highest BCUT2D eigenvalue weighted by molar-refractivity contribution is 5.69. The molecule has 2 aromatic carbocycles. The van der Waals surface area contributed by atoms with E-state index in [9.17, 15) is 30.0 Å². The van der Waals surface area contributed by atoms with E-state index in [1.807, 2.05) is 38.1 Å². The lowest BCUT2D eigenvalue weighted by molar-refractivity contribution is -0.140. The van der Waals surface area contributed by atoms with Crippen LogP contribution in [-0.2, 0) is 22.7 Å². The van der Waals surface area contributed by atoms with Gasteiger partial charge in [-0.15, -0.1) is 0 Å². The van der Waals surface area contributed by atoms with Crippen molar-refractivity contribution >= 4 is 11.9 Å². The quantitative estimate of drug-likeness (QED) is 0.417. The van der Waals surface area contributed by atoms with Gasteiger partial charge in [0.2, 0.25) is 0 Å². The number of rotatable bonds is 11. The number of aromatic hydroxyl groups is 2. The average molecular weight is 445 g/mol. The van der Waals surface area contributed by atoms with Gasteiger partial charge in [0.1, 0.15) is 11.5 Å². The van der Waals surface area contributed by atoms with Crippen molar-refractivity contribution in [2.75, 3.05) is 26.2 Å². The van der Waals surface area contributed by atoms with Crippen LogP contribution >= 0.6 is 0 Å². The fourth-order valence-electron chi connectivity index (χ4n) is 3.91. The summed E-state index contributed by atoms with van der Waals surface area (Å²) in [7, 11) is 0. The first-order chi connectivity index (χ1) is 15.0. The Kier molecular flexibility index (Phi) is 8.63. The molecule has 2 aromatic rings. The number of aliphatic carboxylic acids is 2. The maximum absolute atomic E-state index is 11.4. The summed E-state index contributed by atoms with van der Waals surface area (Å²) in [6, 6.07) is 7.34. The minimum absolute atomic E-state index is 0.133. The summed E-state index contributed by atoms with van der Waals surface area (Å²) in [5.41, 5.74) is 4.61. The minimum Gasteiger partial charge on any atom is -0.507 e. The van der Waals surface area contributed by atoms with E-state index < -0.39 is 11.9 Å². The molecule has 0 heterocycles.